The number of β-amino-alcohol motifs (C(OH)–C–C–N with tert-alkyl or cyclic N) is 1. The van der Waals surface area contributed by atoms with Crippen LogP contribution in [-0.2, 0) is 10.5 Å². The number of hydrogen-bond donors (Lipinski definition) is 3. The van der Waals surface area contributed by atoms with Crippen LogP contribution in [-0.4, -0.2) is 79.8 Å². The Morgan fingerprint density at radius 1 is 1.32 bits per heavy atom. The Hall–Kier alpha value is -1.35. The van der Waals surface area contributed by atoms with Gasteiger partial charge in [0.2, 0.25) is 0 Å². The highest BCUT2D eigenvalue weighted by Crippen LogP contribution is 2.14. The van der Waals surface area contributed by atoms with Crippen LogP contribution in [0.5, 0.6) is 0 Å². The first-order chi connectivity index (χ1) is 13.5. The summed E-state index contributed by atoms with van der Waals surface area (Å²) >= 11 is 1.67. The van der Waals surface area contributed by atoms with Crippen molar-refractivity contribution in [3.63, 3.8) is 0 Å². The molecule has 1 fully saturated rings. The molecule has 2 rings (SSSR count). The Bertz CT molecular complexity index is 610. The monoisotopic (exact) mass is 412 g/mol. The van der Waals surface area contributed by atoms with E-state index in [1.807, 2.05) is 26.0 Å². The minimum absolute atomic E-state index is 0.152. The van der Waals surface area contributed by atoms with Crippen molar-refractivity contribution in [3.8, 4) is 0 Å². The van der Waals surface area contributed by atoms with E-state index in [1.165, 1.54) is 6.07 Å². The predicted molar refractivity (Wildman–Crippen MR) is 114 cm³/mol. The van der Waals surface area contributed by atoms with Crippen molar-refractivity contribution >= 4 is 17.7 Å². The van der Waals surface area contributed by atoms with Crippen LogP contribution in [0.3, 0.4) is 0 Å². The van der Waals surface area contributed by atoms with E-state index < -0.39 is 5.60 Å². The van der Waals surface area contributed by atoms with E-state index in [0.717, 1.165) is 37.5 Å². The van der Waals surface area contributed by atoms with Crippen LogP contribution in [0, 0.1) is 5.82 Å². The van der Waals surface area contributed by atoms with Gasteiger partial charge in [0.15, 0.2) is 5.96 Å². The zero-order valence-corrected chi connectivity index (χ0v) is 17.7. The number of nitrogens with zero attached hydrogens (tertiary/aromatic N) is 2. The van der Waals surface area contributed by atoms with Gasteiger partial charge in [0.25, 0.3) is 0 Å². The Morgan fingerprint density at radius 2 is 2.07 bits per heavy atom. The summed E-state index contributed by atoms with van der Waals surface area (Å²) in [5, 5.41) is 17.1. The van der Waals surface area contributed by atoms with E-state index in [2.05, 4.69) is 20.5 Å². The molecule has 0 bridgehead atoms. The van der Waals surface area contributed by atoms with Gasteiger partial charge in [-0.05, 0) is 25.5 Å². The Balaban J connectivity index is 1.72. The average Bonchev–Trinajstić information content (AvgIpc) is 2.67. The molecule has 1 saturated heterocycles. The van der Waals surface area contributed by atoms with Crippen LogP contribution >= 0.6 is 11.8 Å². The van der Waals surface area contributed by atoms with Gasteiger partial charge in [-0.25, -0.2) is 4.39 Å². The molecule has 0 amide bonds. The molecule has 1 atom stereocenters. The topological polar surface area (TPSA) is 69.1 Å². The summed E-state index contributed by atoms with van der Waals surface area (Å²) in [4.78, 5) is 6.74. The van der Waals surface area contributed by atoms with Crippen molar-refractivity contribution < 1.29 is 14.2 Å². The summed E-state index contributed by atoms with van der Waals surface area (Å²) in [6.07, 6.45) is 0. The molecule has 1 aliphatic heterocycles. The summed E-state index contributed by atoms with van der Waals surface area (Å²) in [6, 6.07) is 6.87. The smallest absolute Gasteiger partial charge is 0.191 e. The highest BCUT2D eigenvalue weighted by Gasteiger charge is 2.25. The maximum atomic E-state index is 13.6. The Kier molecular flexibility index (Phi) is 10.0. The van der Waals surface area contributed by atoms with E-state index in [9.17, 15) is 9.50 Å². The number of morpholine rings is 1. The number of guanidine groups is 1. The summed E-state index contributed by atoms with van der Waals surface area (Å²) in [6.45, 7) is 9.32. The molecule has 1 aromatic carbocycles. The van der Waals surface area contributed by atoms with Gasteiger partial charge in [0.05, 0.1) is 25.4 Å². The zero-order chi connectivity index (χ0) is 20.2. The van der Waals surface area contributed by atoms with E-state index >= 15 is 0 Å². The number of thioether (sulfide) groups is 1. The fourth-order valence-electron chi connectivity index (χ4n) is 2.92. The van der Waals surface area contributed by atoms with Gasteiger partial charge >= 0.3 is 0 Å². The summed E-state index contributed by atoms with van der Waals surface area (Å²) < 4.78 is 19.0. The zero-order valence-electron chi connectivity index (χ0n) is 16.9. The first-order valence-electron chi connectivity index (χ1n) is 9.86. The molecule has 1 heterocycles. The fourth-order valence-corrected chi connectivity index (χ4v) is 3.77. The summed E-state index contributed by atoms with van der Waals surface area (Å²) in [5.41, 5.74) is -0.161. The minimum atomic E-state index is -0.890. The third kappa shape index (κ3) is 8.77. The molecule has 3 N–H and O–H groups in total. The van der Waals surface area contributed by atoms with E-state index in [-0.39, 0.29) is 5.82 Å². The molecule has 158 valence electrons. The number of hydrogen-bond acceptors (Lipinski definition) is 5. The van der Waals surface area contributed by atoms with Crippen LogP contribution in [0.1, 0.15) is 19.4 Å². The number of halogens is 1. The quantitative estimate of drug-likeness (QED) is 0.309. The third-order valence-corrected chi connectivity index (χ3v) is 5.35. The van der Waals surface area contributed by atoms with E-state index in [1.54, 1.807) is 17.8 Å². The second-order valence-electron chi connectivity index (χ2n) is 7.15. The lowest BCUT2D eigenvalue weighted by molar-refractivity contribution is -0.0179. The van der Waals surface area contributed by atoms with E-state index in [4.69, 9.17) is 4.74 Å². The van der Waals surface area contributed by atoms with Gasteiger partial charge in [0, 0.05) is 44.2 Å². The molecule has 0 aromatic heterocycles. The Labute approximate surface area is 171 Å². The normalized spacial score (nSPS) is 17.9. The molecule has 8 heteroatoms. The van der Waals surface area contributed by atoms with Crippen molar-refractivity contribution in [2.75, 3.05) is 58.2 Å². The maximum absolute atomic E-state index is 13.6. The van der Waals surface area contributed by atoms with Crippen molar-refractivity contribution in [1.29, 1.82) is 0 Å². The maximum Gasteiger partial charge on any atom is 0.191 e. The molecule has 0 saturated carbocycles. The molecule has 6 nitrogen and oxygen atoms in total. The van der Waals surface area contributed by atoms with Gasteiger partial charge in [-0.2, -0.15) is 11.8 Å². The fraction of sp³-hybridized carbons (Fsp3) is 0.650. The second-order valence-corrected chi connectivity index (χ2v) is 8.26. The van der Waals surface area contributed by atoms with Crippen molar-refractivity contribution in [2.45, 2.75) is 25.2 Å². The molecule has 0 radical (unpaired) electrons. The molecule has 1 aliphatic rings. The molecule has 0 aliphatic carbocycles. The number of rotatable bonds is 10. The minimum Gasteiger partial charge on any atom is -0.387 e. The lowest BCUT2D eigenvalue weighted by atomic mass is 10.1. The standard InChI is InChI=1S/C20H33FN4O2S/c1-3-22-19(23-8-13-28-14-17-6-4-5-7-18(17)21)24-15-20(2,26)16-25-9-11-27-12-10-25/h4-7,26H,3,8-16H2,1-2H3,(H2,22,23,24). The number of ether oxygens (including phenoxy) is 1. The lowest BCUT2D eigenvalue weighted by Gasteiger charge is -2.33. The third-order valence-electron chi connectivity index (χ3n) is 4.34. The van der Waals surface area contributed by atoms with Crippen molar-refractivity contribution in [1.82, 2.24) is 15.5 Å². The lowest BCUT2D eigenvalue weighted by Crippen LogP contribution is -2.48. The molecule has 1 unspecified atom stereocenters. The van der Waals surface area contributed by atoms with Crippen LogP contribution in [0.2, 0.25) is 0 Å². The van der Waals surface area contributed by atoms with Crippen LogP contribution in [0.25, 0.3) is 0 Å². The van der Waals surface area contributed by atoms with Crippen LogP contribution in [0.15, 0.2) is 29.3 Å². The van der Waals surface area contributed by atoms with Gasteiger partial charge in [-0.3, -0.25) is 9.89 Å². The first-order valence-corrected chi connectivity index (χ1v) is 11.0. The van der Waals surface area contributed by atoms with Crippen molar-refractivity contribution in [2.24, 2.45) is 4.99 Å². The Morgan fingerprint density at radius 3 is 2.79 bits per heavy atom. The largest absolute Gasteiger partial charge is 0.387 e. The molecule has 28 heavy (non-hydrogen) atoms. The van der Waals surface area contributed by atoms with Gasteiger partial charge in [0.1, 0.15) is 5.82 Å². The molecular formula is C20H33FN4O2S. The number of aliphatic imine (C=N–C) groups is 1. The molecular weight excluding hydrogens is 379 g/mol. The number of benzene rings is 1. The summed E-state index contributed by atoms with van der Waals surface area (Å²) in [7, 11) is 0. The number of nitrogens with one attached hydrogen (secondary N) is 2. The van der Waals surface area contributed by atoms with E-state index in [0.29, 0.717) is 38.0 Å². The van der Waals surface area contributed by atoms with Crippen molar-refractivity contribution in [3.05, 3.63) is 35.6 Å². The van der Waals surface area contributed by atoms with Gasteiger partial charge in [-0.1, -0.05) is 18.2 Å². The average molecular weight is 413 g/mol. The number of aliphatic hydroxyl groups is 1. The SMILES string of the molecule is CCNC(=NCC(C)(O)CN1CCOCC1)NCCSCc1ccccc1F. The van der Waals surface area contributed by atoms with Crippen LogP contribution in [0.4, 0.5) is 4.39 Å². The highest BCUT2D eigenvalue weighted by molar-refractivity contribution is 7.98. The second kappa shape index (κ2) is 12.3. The molecule has 1 aromatic rings. The first kappa shape index (κ1) is 22.9. The van der Waals surface area contributed by atoms with Crippen LogP contribution < -0.4 is 10.6 Å². The van der Waals surface area contributed by atoms with Gasteiger partial charge in [-0.15, -0.1) is 0 Å². The summed E-state index contributed by atoms with van der Waals surface area (Å²) in [5.74, 6) is 2.02. The van der Waals surface area contributed by atoms with Gasteiger partial charge < -0.3 is 20.5 Å². The molecule has 0 spiro atoms. The predicted octanol–water partition coefficient (Wildman–Crippen LogP) is 1.70. The highest BCUT2D eigenvalue weighted by atomic mass is 32.2.